The number of benzene rings is 2. The summed E-state index contributed by atoms with van der Waals surface area (Å²) in [6.45, 7) is 1.96. The van der Waals surface area contributed by atoms with Crippen LogP contribution in [0.5, 0.6) is 5.75 Å². The maximum absolute atomic E-state index is 11.7. The second kappa shape index (κ2) is 6.40. The Morgan fingerprint density at radius 1 is 1.00 bits per heavy atom. The van der Waals surface area contributed by atoms with Gasteiger partial charge in [-0.2, -0.15) is 0 Å². The zero-order valence-corrected chi connectivity index (χ0v) is 12.7. The van der Waals surface area contributed by atoms with Gasteiger partial charge in [-0.15, -0.1) is 0 Å². The molecule has 1 aromatic heterocycles. The molecule has 0 aliphatic heterocycles. The highest BCUT2D eigenvalue weighted by Gasteiger charge is 2.23. The van der Waals surface area contributed by atoms with Crippen molar-refractivity contribution in [2.75, 3.05) is 0 Å². The molecule has 0 saturated carbocycles. The van der Waals surface area contributed by atoms with Gasteiger partial charge < -0.3 is 14.4 Å². The van der Waals surface area contributed by atoms with Gasteiger partial charge in [0.05, 0.1) is 5.69 Å². The summed E-state index contributed by atoms with van der Waals surface area (Å²) in [5.41, 5.74) is 2.49. The smallest absolute Gasteiger partial charge is 0.349 e. The lowest BCUT2D eigenvalue weighted by atomic mass is 10.1. The fourth-order valence-corrected chi connectivity index (χ4v) is 2.39. The minimum absolute atomic E-state index is 0.525. The minimum atomic E-state index is -1.05. The first-order valence-corrected chi connectivity index (χ1v) is 7.33. The van der Waals surface area contributed by atoms with Crippen molar-refractivity contribution in [1.82, 2.24) is 4.57 Å². The van der Waals surface area contributed by atoms with Crippen molar-refractivity contribution in [3.05, 3.63) is 84.2 Å². The first-order valence-electron chi connectivity index (χ1n) is 7.33. The highest BCUT2D eigenvalue weighted by molar-refractivity contribution is 5.75. The Kier molecular flexibility index (Phi) is 4.15. The lowest BCUT2D eigenvalue weighted by Gasteiger charge is -2.18. The van der Waals surface area contributed by atoms with Gasteiger partial charge in [-0.25, -0.2) is 4.79 Å². The van der Waals surface area contributed by atoms with Crippen LogP contribution in [0.25, 0.3) is 5.69 Å². The predicted molar refractivity (Wildman–Crippen MR) is 88.0 cm³/mol. The SMILES string of the molecule is Cc1ccc(C(Oc2ccccc2-n2cccc2)C(=O)O)cc1. The van der Waals surface area contributed by atoms with Crippen LogP contribution < -0.4 is 4.74 Å². The molecule has 4 heteroatoms. The van der Waals surface area contributed by atoms with Crippen LogP contribution in [-0.2, 0) is 4.79 Å². The van der Waals surface area contributed by atoms with E-state index in [4.69, 9.17) is 4.74 Å². The number of carbonyl (C=O) groups is 1. The standard InChI is InChI=1S/C19H17NO3/c1-14-8-10-15(11-9-14)18(19(21)22)23-17-7-3-2-6-16(17)20-12-4-5-13-20/h2-13,18H,1H3,(H,21,22). The van der Waals surface area contributed by atoms with Gasteiger partial charge in [0.1, 0.15) is 5.75 Å². The predicted octanol–water partition coefficient (Wildman–Crippen LogP) is 3.99. The fourth-order valence-electron chi connectivity index (χ4n) is 2.39. The van der Waals surface area contributed by atoms with Crippen LogP contribution in [0.4, 0.5) is 0 Å². The molecule has 1 heterocycles. The monoisotopic (exact) mass is 307 g/mol. The quantitative estimate of drug-likeness (QED) is 0.775. The summed E-state index contributed by atoms with van der Waals surface area (Å²) in [6, 6.07) is 18.5. The lowest BCUT2D eigenvalue weighted by molar-refractivity contribution is -0.145. The molecule has 116 valence electrons. The average Bonchev–Trinajstić information content (AvgIpc) is 3.08. The normalized spacial score (nSPS) is 11.9. The number of nitrogens with zero attached hydrogens (tertiary/aromatic N) is 1. The van der Waals surface area contributed by atoms with Crippen molar-refractivity contribution in [1.29, 1.82) is 0 Å². The van der Waals surface area contributed by atoms with Gasteiger partial charge in [-0.3, -0.25) is 0 Å². The van der Waals surface area contributed by atoms with E-state index in [1.54, 1.807) is 18.2 Å². The van der Waals surface area contributed by atoms with E-state index in [1.165, 1.54) is 0 Å². The third-order valence-corrected chi connectivity index (χ3v) is 3.60. The van der Waals surface area contributed by atoms with Crippen molar-refractivity contribution < 1.29 is 14.6 Å². The number of aliphatic carboxylic acids is 1. The molecule has 0 saturated heterocycles. The maximum Gasteiger partial charge on any atom is 0.349 e. The third-order valence-electron chi connectivity index (χ3n) is 3.60. The van der Waals surface area contributed by atoms with Crippen molar-refractivity contribution in [2.24, 2.45) is 0 Å². The summed E-state index contributed by atoms with van der Waals surface area (Å²) in [4.78, 5) is 11.7. The molecule has 3 aromatic rings. The molecule has 0 radical (unpaired) electrons. The maximum atomic E-state index is 11.7. The number of hydrogen-bond acceptors (Lipinski definition) is 2. The summed E-state index contributed by atoms with van der Waals surface area (Å²) >= 11 is 0. The number of aromatic nitrogens is 1. The molecular weight excluding hydrogens is 290 g/mol. The van der Waals surface area contributed by atoms with E-state index >= 15 is 0 Å². The van der Waals surface area contributed by atoms with Crippen LogP contribution in [0.15, 0.2) is 73.1 Å². The summed E-state index contributed by atoms with van der Waals surface area (Å²) in [6.07, 6.45) is 2.74. The van der Waals surface area contributed by atoms with Crippen LogP contribution in [0, 0.1) is 6.92 Å². The molecule has 3 rings (SSSR count). The number of carboxylic acids is 1. The summed E-state index contributed by atoms with van der Waals surface area (Å²) < 4.78 is 7.73. The van der Waals surface area contributed by atoms with E-state index in [0.29, 0.717) is 11.3 Å². The Hall–Kier alpha value is -3.01. The first kappa shape index (κ1) is 14.9. The molecule has 4 nitrogen and oxygen atoms in total. The lowest BCUT2D eigenvalue weighted by Crippen LogP contribution is -2.18. The first-order chi connectivity index (χ1) is 11.1. The molecule has 0 aliphatic carbocycles. The second-order valence-corrected chi connectivity index (χ2v) is 5.30. The molecule has 0 aliphatic rings. The molecule has 0 bridgehead atoms. The van der Waals surface area contributed by atoms with Crippen molar-refractivity contribution in [3.63, 3.8) is 0 Å². The van der Waals surface area contributed by atoms with E-state index in [9.17, 15) is 9.90 Å². The fraction of sp³-hybridized carbons (Fsp3) is 0.105. The van der Waals surface area contributed by atoms with Crippen LogP contribution in [0.3, 0.4) is 0 Å². The van der Waals surface area contributed by atoms with E-state index < -0.39 is 12.1 Å². The van der Waals surface area contributed by atoms with Gasteiger partial charge in [-0.1, -0.05) is 42.0 Å². The number of aryl methyl sites for hydroxylation is 1. The van der Waals surface area contributed by atoms with Crippen molar-refractivity contribution in [3.8, 4) is 11.4 Å². The molecule has 1 N–H and O–H groups in total. The van der Waals surface area contributed by atoms with Crippen LogP contribution in [0.1, 0.15) is 17.2 Å². The Bertz CT molecular complexity index is 792. The van der Waals surface area contributed by atoms with E-state index in [2.05, 4.69) is 0 Å². The summed E-state index contributed by atoms with van der Waals surface area (Å²) in [7, 11) is 0. The second-order valence-electron chi connectivity index (χ2n) is 5.30. The van der Waals surface area contributed by atoms with Gasteiger partial charge >= 0.3 is 5.97 Å². The third kappa shape index (κ3) is 3.26. The van der Waals surface area contributed by atoms with Gasteiger partial charge in [-0.05, 0) is 31.2 Å². The Labute approximate surface area is 134 Å². The number of rotatable bonds is 5. The van der Waals surface area contributed by atoms with Gasteiger partial charge in [0.25, 0.3) is 0 Å². The van der Waals surface area contributed by atoms with Crippen LogP contribution in [-0.4, -0.2) is 15.6 Å². The van der Waals surface area contributed by atoms with Crippen molar-refractivity contribution in [2.45, 2.75) is 13.0 Å². The van der Waals surface area contributed by atoms with E-state index in [-0.39, 0.29) is 0 Å². The number of ether oxygens (including phenoxy) is 1. The molecule has 23 heavy (non-hydrogen) atoms. The zero-order valence-electron chi connectivity index (χ0n) is 12.7. The molecule has 1 atom stereocenters. The van der Waals surface area contributed by atoms with Crippen LogP contribution >= 0.6 is 0 Å². The average molecular weight is 307 g/mol. The zero-order chi connectivity index (χ0) is 16.2. The molecule has 1 unspecified atom stereocenters. The highest BCUT2D eigenvalue weighted by atomic mass is 16.5. The molecule has 0 spiro atoms. The van der Waals surface area contributed by atoms with Gasteiger partial charge in [0.15, 0.2) is 0 Å². The topological polar surface area (TPSA) is 51.5 Å². The summed E-state index contributed by atoms with van der Waals surface area (Å²) in [5, 5.41) is 9.55. The number of carboxylic acid groups (broad SMARTS) is 1. The Morgan fingerprint density at radius 2 is 1.65 bits per heavy atom. The van der Waals surface area contributed by atoms with E-state index in [0.717, 1.165) is 11.3 Å². The molecule has 2 aromatic carbocycles. The molecular formula is C19H17NO3. The highest BCUT2D eigenvalue weighted by Crippen LogP contribution is 2.28. The largest absolute Gasteiger partial charge is 0.478 e. The van der Waals surface area contributed by atoms with Gasteiger partial charge in [0, 0.05) is 18.0 Å². The molecule has 0 amide bonds. The number of para-hydroxylation sites is 2. The van der Waals surface area contributed by atoms with E-state index in [1.807, 2.05) is 66.3 Å². The Morgan fingerprint density at radius 3 is 2.30 bits per heavy atom. The van der Waals surface area contributed by atoms with Gasteiger partial charge in [0.2, 0.25) is 6.10 Å². The van der Waals surface area contributed by atoms with Crippen LogP contribution in [0.2, 0.25) is 0 Å². The minimum Gasteiger partial charge on any atom is -0.478 e. The van der Waals surface area contributed by atoms with Crippen molar-refractivity contribution >= 4 is 5.97 Å². The Balaban J connectivity index is 1.96. The summed E-state index contributed by atoms with van der Waals surface area (Å²) in [5.74, 6) is -0.493. The molecule has 0 fully saturated rings. The number of hydrogen-bond donors (Lipinski definition) is 1.